The van der Waals surface area contributed by atoms with Crippen LogP contribution in [0.3, 0.4) is 0 Å². The molecular weight excluding hydrogens is 246 g/mol. The standard InChI is InChI=1S/C14H19NO4/c1-11-3-4-12(9-13(11)10-16)14(17)15-5-6-19-8-7-18-2/h3-4,9-10H,5-8H2,1-2H3,(H,15,17). The number of aryl methyl sites for hydroxylation is 1. The molecule has 0 saturated carbocycles. The van der Waals surface area contributed by atoms with Gasteiger partial charge in [0.15, 0.2) is 0 Å². The molecule has 19 heavy (non-hydrogen) atoms. The number of methoxy groups -OCH3 is 1. The Hall–Kier alpha value is -1.72. The van der Waals surface area contributed by atoms with E-state index in [2.05, 4.69) is 5.32 Å². The molecule has 1 aromatic rings. The van der Waals surface area contributed by atoms with Crippen LogP contribution in [0.15, 0.2) is 18.2 Å². The van der Waals surface area contributed by atoms with Gasteiger partial charge in [0, 0.05) is 24.8 Å². The van der Waals surface area contributed by atoms with Crippen LogP contribution in [0, 0.1) is 6.92 Å². The lowest BCUT2D eigenvalue weighted by molar-refractivity contribution is 0.0692. The van der Waals surface area contributed by atoms with E-state index in [1.165, 1.54) is 0 Å². The van der Waals surface area contributed by atoms with Gasteiger partial charge in [0.1, 0.15) is 6.29 Å². The number of benzene rings is 1. The van der Waals surface area contributed by atoms with E-state index in [4.69, 9.17) is 9.47 Å². The van der Waals surface area contributed by atoms with Crippen LogP contribution in [-0.2, 0) is 9.47 Å². The van der Waals surface area contributed by atoms with E-state index in [0.29, 0.717) is 37.5 Å². The third kappa shape index (κ3) is 5.19. The normalized spacial score (nSPS) is 10.2. The van der Waals surface area contributed by atoms with Gasteiger partial charge in [-0.1, -0.05) is 6.07 Å². The van der Waals surface area contributed by atoms with Crippen LogP contribution in [0.4, 0.5) is 0 Å². The van der Waals surface area contributed by atoms with Crippen molar-refractivity contribution in [3.05, 3.63) is 34.9 Å². The molecule has 0 unspecified atom stereocenters. The number of carbonyl (C=O) groups excluding carboxylic acids is 2. The summed E-state index contributed by atoms with van der Waals surface area (Å²) in [6, 6.07) is 5.04. The summed E-state index contributed by atoms with van der Waals surface area (Å²) in [5.74, 6) is -0.210. The van der Waals surface area contributed by atoms with Crippen LogP contribution < -0.4 is 5.32 Å². The van der Waals surface area contributed by atoms with Gasteiger partial charge >= 0.3 is 0 Å². The fourth-order valence-electron chi connectivity index (χ4n) is 1.49. The summed E-state index contributed by atoms with van der Waals surface area (Å²) in [7, 11) is 1.60. The maximum atomic E-state index is 11.8. The Balaban J connectivity index is 2.39. The first-order valence-electron chi connectivity index (χ1n) is 6.09. The number of hydrogen-bond donors (Lipinski definition) is 1. The fourth-order valence-corrected chi connectivity index (χ4v) is 1.49. The Kier molecular flexibility index (Phi) is 6.78. The fraction of sp³-hybridized carbons (Fsp3) is 0.429. The number of amides is 1. The second kappa shape index (κ2) is 8.39. The molecule has 0 radical (unpaired) electrons. The summed E-state index contributed by atoms with van der Waals surface area (Å²) < 4.78 is 10.1. The molecule has 0 bridgehead atoms. The van der Waals surface area contributed by atoms with Crippen LogP contribution in [0.5, 0.6) is 0 Å². The molecule has 104 valence electrons. The van der Waals surface area contributed by atoms with Crippen molar-refractivity contribution in [2.24, 2.45) is 0 Å². The highest BCUT2D eigenvalue weighted by atomic mass is 16.5. The zero-order valence-corrected chi connectivity index (χ0v) is 11.3. The zero-order valence-electron chi connectivity index (χ0n) is 11.3. The molecule has 5 heteroatoms. The number of rotatable bonds is 8. The number of carbonyl (C=O) groups is 2. The summed E-state index contributed by atoms with van der Waals surface area (Å²) >= 11 is 0. The largest absolute Gasteiger partial charge is 0.382 e. The van der Waals surface area contributed by atoms with Crippen molar-refractivity contribution in [2.75, 3.05) is 33.5 Å². The van der Waals surface area contributed by atoms with E-state index in [0.717, 1.165) is 11.8 Å². The number of aldehydes is 1. The van der Waals surface area contributed by atoms with Crippen molar-refractivity contribution in [3.63, 3.8) is 0 Å². The summed E-state index contributed by atoms with van der Waals surface area (Å²) in [4.78, 5) is 22.6. The first-order valence-corrected chi connectivity index (χ1v) is 6.09. The van der Waals surface area contributed by atoms with Crippen LogP contribution in [0.2, 0.25) is 0 Å². The predicted molar refractivity (Wildman–Crippen MR) is 71.6 cm³/mol. The molecule has 0 fully saturated rings. The lowest BCUT2D eigenvalue weighted by atomic mass is 10.1. The minimum absolute atomic E-state index is 0.210. The second-order valence-corrected chi connectivity index (χ2v) is 4.05. The van der Waals surface area contributed by atoms with E-state index in [9.17, 15) is 9.59 Å². The Morgan fingerprint density at radius 3 is 2.79 bits per heavy atom. The van der Waals surface area contributed by atoms with Gasteiger partial charge in [0.25, 0.3) is 5.91 Å². The van der Waals surface area contributed by atoms with Crippen LogP contribution in [0.25, 0.3) is 0 Å². The highest BCUT2D eigenvalue weighted by Crippen LogP contribution is 2.08. The SMILES string of the molecule is COCCOCCNC(=O)c1ccc(C)c(C=O)c1. The molecular formula is C14H19NO4. The lowest BCUT2D eigenvalue weighted by Gasteiger charge is -2.07. The van der Waals surface area contributed by atoms with E-state index >= 15 is 0 Å². The molecule has 5 nitrogen and oxygen atoms in total. The highest BCUT2D eigenvalue weighted by molar-refractivity contribution is 5.96. The third-order valence-electron chi connectivity index (χ3n) is 2.63. The minimum Gasteiger partial charge on any atom is -0.382 e. The Morgan fingerprint density at radius 1 is 1.32 bits per heavy atom. The number of hydrogen-bond acceptors (Lipinski definition) is 4. The average Bonchev–Trinajstić information content (AvgIpc) is 2.43. The molecule has 1 aromatic carbocycles. The zero-order chi connectivity index (χ0) is 14.1. The van der Waals surface area contributed by atoms with Gasteiger partial charge in [-0.25, -0.2) is 0 Å². The Labute approximate surface area is 112 Å². The van der Waals surface area contributed by atoms with Crippen molar-refractivity contribution in [1.82, 2.24) is 5.32 Å². The first-order chi connectivity index (χ1) is 9.19. The van der Waals surface area contributed by atoms with Crippen molar-refractivity contribution < 1.29 is 19.1 Å². The molecule has 0 aromatic heterocycles. The van der Waals surface area contributed by atoms with Gasteiger partial charge in [-0.15, -0.1) is 0 Å². The van der Waals surface area contributed by atoms with E-state index in [1.807, 2.05) is 6.92 Å². The molecule has 0 aliphatic heterocycles. The van der Waals surface area contributed by atoms with Gasteiger partial charge in [-0.3, -0.25) is 9.59 Å². The van der Waals surface area contributed by atoms with Crippen molar-refractivity contribution >= 4 is 12.2 Å². The van der Waals surface area contributed by atoms with E-state index in [-0.39, 0.29) is 5.91 Å². The van der Waals surface area contributed by atoms with Gasteiger partial charge in [-0.05, 0) is 24.6 Å². The molecule has 0 saturated heterocycles. The molecule has 0 heterocycles. The summed E-state index contributed by atoms with van der Waals surface area (Å²) in [6.07, 6.45) is 0.750. The van der Waals surface area contributed by atoms with Crippen LogP contribution in [-0.4, -0.2) is 45.7 Å². The van der Waals surface area contributed by atoms with Crippen LogP contribution >= 0.6 is 0 Å². The summed E-state index contributed by atoms with van der Waals surface area (Å²) in [5.41, 5.74) is 1.86. The molecule has 0 aliphatic rings. The summed E-state index contributed by atoms with van der Waals surface area (Å²) in [5, 5.41) is 2.73. The monoisotopic (exact) mass is 265 g/mol. The number of nitrogens with one attached hydrogen (secondary N) is 1. The van der Waals surface area contributed by atoms with E-state index in [1.54, 1.807) is 25.3 Å². The van der Waals surface area contributed by atoms with Gasteiger partial charge in [0.05, 0.1) is 19.8 Å². The Morgan fingerprint density at radius 2 is 2.11 bits per heavy atom. The summed E-state index contributed by atoms with van der Waals surface area (Å²) in [6.45, 7) is 3.73. The number of ether oxygens (including phenoxy) is 2. The minimum atomic E-state index is -0.210. The van der Waals surface area contributed by atoms with Crippen molar-refractivity contribution in [3.8, 4) is 0 Å². The smallest absolute Gasteiger partial charge is 0.251 e. The lowest BCUT2D eigenvalue weighted by Crippen LogP contribution is -2.27. The maximum Gasteiger partial charge on any atom is 0.251 e. The average molecular weight is 265 g/mol. The van der Waals surface area contributed by atoms with E-state index < -0.39 is 0 Å². The topological polar surface area (TPSA) is 64.6 Å². The van der Waals surface area contributed by atoms with Gasteiger partial charge < -0.3 is 14.8 Å². The van der Waals surface area contributed by atoms with Gasteiger partial charge in [0.2, 0.25) is 0 Å². The molecule has 1 N–H and O–H groups in total. The molecule has 1 rings (SSSR count). The third-order valence-corrected chi connectivity index (χ3v) is 2.63. The first kappa shape index (κ1) is 15.3. The second-order valence-electron chi connectivity index (χ2n) is 4.05. The highest BCUT2D eigenvalue weighted by Gasteiger charge is 2.07. The van der Waals surface area contributed by atoms with Crippen molar-refractivity contribution in [2.45, 2.75) is 6.92 Å². The van der Waals surface area contributed by atoms with Gasteiger partial charge in [-0.2, -0.15) is 0 Å². The Bertz CT molecular complexity index is 431. The molecule has 0 spiro atoms. The van der Waals surface area contributed by atoms with Crippen molar-refractivity contribution in [1.29, 1.82) is 0 Å². The molecule has 0 aliphatic carbocycles. The maximum absolute atomic E-state index is 11.8. The molecule has 0 atom stereocenters. The molecule has 1 amide bonds. The predicted octanol–water partition coefficient (Wildman–Crippen LogP) is 1.20. The quantitative estimate of drug-likeness (QED) is 0.566. The van der Waals surface area contributed by atoms with Crippen LogP contribution in [0.1, 0.15) is 26.3 Å².